The minimum Gasteiger partial charge on any atom is -0.393 e. The maximum absolute atomic E-state index is 9.79. The van der Waals surface area contributed by atoms with E-state index in [1.807, 2.05) is 17.1 Å². The summed E-state index contributed by atoms with van der Waals surface area (Å²) >= 11 is 2.25. The fourth-order valence-corrected chi connectivity index (χ4v) is 2.53. The molecule has 0 spiro atoms. The van der Waals surface area contributed by atoms with Crippen LogP contribution < -0.4 is 0 Å². The summed E-state index contributed by atoms with van der Waals surface area (Å²) in [6.07, 6.45) is 8.29. The fourth-order valence-electron chi connectivity index (χ4n) is 2.08. The van der Waals surface area contributed by atoms with Crippen LogP contribution in [0, 0.1) is 9.49 Å². The number of nitrogens with zero attached hydrogens (tertiary/aromatic N) is 2. The quantitative estimate of drug-likeness (QED) is 0.849. The van der Waals surface area contributed by atoms with Gasteiger partial charge >= 0.3 is 0 Å². The van der Waals surface area contributed by atoms with Gasteiger partial charge in [-0.2, -0.15) is 5.10 Å². The monoisotopic (exact) mass is 306 g/mol. The summed E-state index contributed by atoms with van der Waals surface area (Å²) in [5, 5.41) is 14.0. The summed E-state index contributed by atoms with van der Waals surface area (Å²) in [6, 6.07) is 0. The van der Waals surface area contributed by atoms with Gasteiger partial charge in [0.25, 0.3) is 0 Å². The van der Waals surface area contributed by atoms with Gasteiger partial charge in [0.05, 0.1) is 15.9 Å². The maximum atomic E-state index is 9.79. The molecule has 14 heavy (non-hydrogen) atoms. The van der Waals surface area contributed by atoms with E-state index in [0.717, 1.165) is 23.0 Å². The van der Waals surface area contributed by atoms with E-state index in [9.17, 15) is 5.11 Å². The van der Waals surface area contributed by atoms with Gasteiger partial charge in [-0.3, -0.25) is 4.68 Å². The zero-order chi connectivity index (χ0) is 9.97. The van der Waals surface area contributed by atoms with Crippen molar-refractivity contribution in [2.24, 2.45) is 5.92 Å². The first-order chi connectivity index (χ1) is 6.75. The second-order valence-electron chi connectivity index (χ2n) is 3.99. The molecule has 1 aliphatic carbocycles. The molecule has 1 aromatic rings. The third kappa shape index (κ3) is 2.48. The van der Waals surface area contributed by atoms with Crippen LogP contribution in [0.3, 0.4) is 0 Å². The van der Waals surface area contributed by atoms with Crippen LogP contribution in [0.5, 0.6) is 0 Å². The van der Waals surface area contributed by atoms with Crippen LogP contribution in [0.2, 0.25) is 0 Å². The highest BCUT2D eigenvalue weighted by Crippen LogP contribution is 2.25. The Hall–Kier alpha value is -0.100. The lowest BCUT2D eigenvalue weighted by Crippen LogP contribution is -2.28. The Balaban J connectivity index is 1.95. The van der Waals surface area contributed by atoms with Gasteiger partial charge < -0.3 is 5.11 Å². The summed E-state index contributed by atoms with van der Waals surface area (Å²) < 4.78 is 3.11. The molecule has 0 amide bonds. The maximum Gasteiger partial charge on any atom is 0.0623 e. The van der Waals surface area contributed by atoms with Gasteiger partial charge in [0.2, 0.25) is 0 Å². The third-order valence-electron chi connectivity index (χ3n) is 2.89. The van der Waals surface area contributed by atoms with Gasteiger partial charge in [-0.15, -0.1) is 0 Å². The van der Waals surface area contributed by atoms with E-state index in [2.05, 4.69) is 27.7 Å². The molecule has 1 aliphatic rings. The van der Waals surface area contributed by atoms with E-state index < -0.39 is 0 Å². The van der Waals surface area contributed by atoms with E-state index in [1.54, 1.807) is 0 Å². The highest BCUT2D eigenvalue weighted by molar-refractivity contribution is 14.1. The van der Waals surface area contributed by atoms with E-state index >= 15 is 0 Å². The van der Waals surface area contributed by atoms with Crippen molar-refractivity contribution in [3.8, 4) is 0 Å². The molecular weight excluding hydrogens is 291 g/mol. The molecular formula is C10H15IN2O. The van der Waals surface area contributed by atoms with Gasteiger partial charge in [-0.05, 0) is 35.4 Å². The molecule has 1 heterocycles. The van der Waals surface area contributed by atoms with E-state index in [1.165, 1.54) is 12.8 Å². The second kappa shape index (κ2) is 4.61. The number of aliphatic hydroxyl groups is 1. The van der Waals surface area contributed by atoms with Crippen molar-refractivity contribution in [2.45, 2.75) is 38.3 Å². The van der Waals surface area contributed by atoms with Gasteiger partial charge in [-0.1, -0.05) is 12.8 Å². The molecule has 3 nitrogen and oxygen atoms in total. The average Bonchev–Trinajstić information content (AvgIpc) is 2.56. The molecule has 2 atom stereocenters. The third-order valence-corrected chi connectivity index (χ3v) is 3.45. The number of aromatic nitrogens is 2. The molecule has 1 saturated carbocycles. The smallest absolute Gasteiger partial charge is 0.0623 e. The number of hydrogen-bond donors (Lipinski definition) is 1. The van der Waals surface area contributed by atoms with E-state index in [4.69, 9.17) is 0 Å². The second-order valence-corrected chi connectivity index (χ2v) is 5.24. The van der Waals surface area contributed by atoms with Crippen LogP contribution in [-0.2, 0) is 6.54 Å². The van der Waals surface area contributed by atoms with Crippen LogP contribution in [0.4, 0.5) is 0 Å². The minimum absolute atomic E-state index is 0.120. The molecule has 1 fully saturated rings. The Bertz CT molecular complexity index is 300. The van der Waals surface area contributed by atoms with Crippen LogP contribution in [-0.4, -0.2) is 21.0 Å². The Morgan fingerprint density at radius 1 is 1.50 bits per heavy atom. The molecule has 0 radical (unpaired) electrons. The van der Waals surface area contributed by atoms with Gasteiger partial charge in [-0.25, -0.2) is 0 Å². The molecule has 1 aromatic heterocycles. The SMILES string of the molecule is OC1CCCCC1Cn1cc(I)cn1. The molecule has 78 valence electrons. The fraction of sp³-hybridized carbons (Fsp3) is 0.700. The predicted octanol–water partition coefficient (Wildman–Crippen LogP) is 2.04. The standard InChI is InChI=1S/C10H15IN2O/c11-9-5-12-13(7-9)6-8-3-1-2-4-10(8)14/h5,7-8,10,14H,1-4,6H2. The largest absolute Gasteiger partial charge is 0.393 e. The first-order valence-corrected chi connectivity index (χ1v) is 6.19. The first kappa shape index (κ1) is 10.4. The molecule has 1 N–H and O–H groups in total. The summed E-state index contributed by atoms with van der Waals surface area (Å²) in [4.78, 5) is 0. The zero-order valence-electron chi connectivity index (χ0n) is 8.06. The zero-order valence-corrected chi connectivity index (χ0v) is 10.2. The van der Waals surface area contributed by atoms with Crippen molar-refractivity contribution in [3.63, 3.8) is 0 Å². The summed E-state index contributed by atoms with van der Waals surface area (Å²) in [5.41, 5.74) is 0. The van der Waals surface area contributed by atoms with Gasteiger partial charge in [0, 0.05) is 18.7 Å². The average molecular weight is 306 g/mol. The van der Waals surface area contributed by atoms with Gasteiger partial charge in [0.1, 0.15) is 0 Å². The number of rotatable bonds is 2. The highest BCUT2D eigenvalue weighted by Gasteiger charge is 2.23. The number of halogens is 1. The molecule has 0 bridgehead atoms. The molecule has 2 unspecified atom stereocenters. The predicted molar refractivity (Wildman–Crippen MR) is 62.9 cm³/mol. The number of aliphatic hydroxyl groups excluding tert-OH is 1. The Morgan fingerprint density at radius 3 is 2.93 bits per heavy atom. The van der Waals surface area contributed by atoms with Crippen molar-refractivity contribution < 1.29 is 5.11 Å². The molecule has 0 saturated heterocycles. The van der Waals surface area contributed by atoms with Crippen LogP contribution in [0.15, 0.2) is 12.4 Å². The summed E-state index contributed by atoms with van der Waals surface area (Å²) in [7, 11) is 0. The van der Waals surface area contributed by atoms with Crippen molar-refractivity contribution in [1.82, 2.24) is 9.78 Å². The topological polar surface area (TPSA) is 38.0 Å². The molecule has 0 aromatic carbocycles. The Labute approximate surface area is 97.6 Å². The number of hydrogen-bond acceptors (Lipinski definition) is 2. The Kier molecular flexibility index (Phi) is 3.43. The van der Waals surface area contributed by atoms with Crippen molar-refractivity contribution in [3.05, 3.63) is 16.0 Å². The summed E-state index contributed by atoms with van der Waals surface area (Å²) in [6.45, 7) is 0.865. The van der Waals surface area contributed by atoms with Crippen molar-refractivity contribution in [1.29, 1.82) is 0 Å². The van der Waals surface area contributed by atoms with Crippen molar-refractivity contribution >= 4 is 22.6 Å². The van der Waals surface area contributed by atoms with Crippen molar-refractivity contribution in [2.75, 3.05) is 0 Å². The lowest BCUT2D eigenvalue weighted by atomic mass is 9.86. The van der Waals surface area contributed by atoms with Gasteiger partial charge in [0.15, 0.2) is 0 Å². The lowest BCUT2D eigenvalue weighted by Gasteiger charge is -2.27. The lowest BCUT2D eigenvalue weighted by molar-refractivity contribution is 0.0587. The molecule has 0 aliphatic heterocycles. The van der Waals surface area contributed by atoms with E-state index in [0.29, 0.717) is 5.92 Å². The summed E-state index contributed by atoms with van der Waals surface area (Å²) in [5.74, 6) is 0.402. The normalized spacial score (nSPS) is 27.9. The first-order valence-electron chi connectivity index (χ1n) is 5.12. The van der Waals surface area contributed by atoms with Crippen LogP contribution in [0.25, 0.3) is 0 Å². The molecule has 4 heteroatoms. The van der Waals surface area contributed by atoms with E-state index in [-0.39, 0.29) is 6.10 Å². The minimum atomic E-state index is -0.120. The van der Waals surface area contributed by atoms with Crippen LogP contribution in [0.1, 0.15) is 25.7 Å². The van der Waals surface area contributed by atoms with Crippen LogP contribution >= 0.6 is 22.6 Å². The Morgan fingerprint density at radius 2 is 2.29 bits per heavy atom. The highest BCUT2D eigenvalue weighted by atomic mass is 127. The molecule has 2 rings (SSSR count).